The first kappa shape index (κ1) is 30.5. The fourth-order valence-corrected chi connectivity index (χ4v) is 5.25. The second kappa shape index (κ2) is 13.0. The molecule has 6 nitrogen and oxygen atoms in total. The maximum atomic E-state index is 15.0. The Kier molecular flexibility index (Phi) is 9.70. The number of aliphatic hydroxyl groups excluding tert-OH is 1. The Morgan fingerprint density at radius 1 is 1.10 bits per heavy atom. The predicted molar refractivity (Wildman–Crippen MR) is 143 cm³/mol. The molecule has 4 rings (SSSR count). The molecule has 12 heteroatoms. The van der Waals surface area contributed by atoms with E-state index in [1.165, 1.54) is 18.3 Å². The van der Waals surface area contributed by atoms with Gasteiger partial charge in [0.2, 0.25) is 0 Å². The molecule has 0 bridgehead atoms. The number of amides is 2. The van der Waals surface area contributed by atoms with Gasteiger partial charge in [-0.25, -0.2) is 9.18 Å². The molecule has 0 saturated heterocycles. The molecule has 1 aliphatic carbocycles. The van der Waals surface area contributed by atoms with Crippen LogP contribution in [0.1, 0.15) is 42.5 Å². The molecule has 0 aliphatic heterocycles. The average Bonchev–Trinajstić information content (AvgIpc) is 2.93. The van der Waals surface area contributed by atoms with E-state index in [9.17, 15) is 31.9 Å². The number of aliphatic hydroxyl groups is 1. The van der Waals surface area contributed by atoms with Crippen LogP contribution in [0.15, 0.2) is 66.9 Å². The molecule has 2 amide bonds. The van der Waals surface area contributed by atoms with Crippen molar-refractivity contribution in [1.82, 2.24) is 15.6 Å². The van der Waals surface area contributed by atoms with Gasteiger partial charge in [-0.3, -0.25) is 4.98 Å². The molecule has 0 unspecified atom stereocenters. The summed E-state index contributed by atoms with van der Waals surface area (Å²) in [5, 5.41) is 15.8. The van der Waals surface area contributed by atoms with E-state index in [-0.39, 0.29) is 41.3 Å². The summed E-state index contributed by atoms with van der Waals surface area (Å²) < 4.78 is 72.6. The minimum absolute atomic E-state index is 0.0435. The number of ether oxygens (including phenoxy) is 1. The number of alkyl halides is 4. The molecule has 1 aliphatic rings. The number of aromatic nitrogens is 1. The van der Waals surface area contributed by atoms with Gasteiger partial charge in [0.15, 0.2) is 0 Å². The Morgan fingerprint density at radius 3 is 2.49 bits per heavy atom. The van der Waals surface area contributed by atoms with Crippen LogP contribution in [-0.4, -0.2) is 41.3 Å². The van der Waals surface area contributed by atoms with Crippen molar-refractivity contribution >= 4 is 17.6 Å². The van der Waals surface area contributed by atoms with Crippen molar-refractivity contribution < 1.29 is 36.6 Å². The molecule has 1 aromatic heterocycles. The molecule has 3 N–H and O–H groups in total. The van der Waals surface area contributed by atoms with Crippen molar-refractivity contribution in [1.29, 1.82) is 0 Å². The van der Waals surface area contributed by atoms with Crippen molar-refractivity contribution in [2.45, 2.75) is 56.2 Å². The van der Waals surface area contributed by atoms with Crippen LogP contribution < -0.4 is 15.4 Å². The van der Waals surface area contributed by atoms with Crippen LogP contribution in [0.3, 0.4) is 0 Å². The lowest BCUT2D eigenvalue weighted by Gasteiger charge is -2.37. The lowest BCUT2D eigenvalue weighted by Crippen LogP contribution is -2.56. The molecule has 1 fully saturated rings. The molecule has 3 atom stereocenters. The van der Waals surface area contributed by atoms with E-state index in [1.54, 1.807) is 30.3 Å². The van der Waals surface area contributed by atoms with E-state index < -0.39 is 35.7 Å². The van der Waals surface area contributed by atoms with Gasteiger partial charge in [0.1, 0.15) is 17.1 Å². The maximum Gasteiger partial charge on any atom is 0.461 e. The van der Waals surface area contributed by atoms with Crippen LogP contribution in [0, 0.1) is 11.7 Å². The predicted octanol–water partition coefficient (Wildman–Crippen LogP) is 6.45. The Hall–Kier alpha value is -3.44. The van der Waals surface area contributed by atoms with Gasteiger partial charge in [0.05, 0.1) is 10.7 Å². The largest absolute Gasteiger partial charge is 0.461 e. The topological polar surface area (TPSA) is 83.5 Å². The van der Waals surface area contributed by atoms with Gasteiger partial charge in [-0.1, -0.05) is 54.8 Å². The van der Waals surface area contributed by atoms with Gasteiger partial charge in [0.25, 0.3) is 0 Å². The third-order valence-electron chi connectivity index (χ3n) is 7.14. The number of halogens is 6. The standard InChI is InChI=1S/C29H29ClF5N3O3/c30-21-10-11-25(36-16-21)28(15-18-6-2-1-3-7-18,38-27(40)37-24-9-5-4-8-19(24)17-39)20-12-22(31)14-23(13-20)41-29(34,35)26(32)33/h1-3,6-7,10-14,16,19,24,26,39H,4-5,8-9,15,17H2,(H2,37,38,40)/t19-,24-,28-/m0/s1. The lowest BCUT2D eigenvalue weighted by molar-refractivity contribution is -0.253. The van der Waals surface area contributed by atoms with Crippen molar-refractivity contribution in [3.8, 4) is 5.75 Å². The quantitative estimate of drug-likeness (QED) is 0.235. The molecule has 1 saturated carbocycles. The number of nitrogens with one attached hydrogen (secondary N) is 2. The van der Waals surface area contributed by atoms with Gasteiger partial charge >= 0.3 is 18.6 Å². The van der Waals surface area contributed by atoms with Gasteiger partial charge in [-0.2, -0.15) is 17.6 Å². The van der Waals surface area contributed by atoms with Gasteiger partial charge < -0.3 is 20.5 Å². The van der Waals surface area contributed by atoms with Crippen LogP contribution in [0.4, 0.5) is 26.7 Å². The number of rotatable bonds is 10. The van der Waals surface area contributed by atoms with Gasteiger partial charge in [-0.05, 0) is 48.2 Å². The summed E-state index contributed by atoms with van der Waals surface area (Å²) in [6.07, 6.45) is -4.69. The molecular formula is C29H29ClF5N3O3. The summed E-state index contributed by atoms with van der Waals surface area (Å²) in [7, 11) is 0. The van der Waals surface area contributed by atoms with Crippen molar-refractivity contribution in [3.05, 3.63) is 94.5 Å². The zero-order chi connectivity index (χ0) is 29.6. The van der Waals surface area contributed by atoms with Crippen LogP contribution in [0.2, 0.25) is 5.02 Å². The average molecular weight is 598 g/mol. The molecular weight excluding hydrogens is 569 g/mol. The SMILES string of the molecule is O=C(N[C@H]1CCCC[C@H]1CO)N[C@@](Cc1ccccc1)(c1cc(F)cc(OC(F)(F)C(F)F)c1)c1ccc(Cl)cn1. The number of urea groups is 1. The first-order valence-corrected chi connectivity index (χ1v) is 13.4. The van der Waals surface area contributed by atoms with Crippen molar-refractivity contribution in [3.63, 3.8) is 0 Å². The first-order valence-electron chi connectivity index (χ1n) is 13.0. The highest BCUT2D eigenvalue weighted by Gasteiger charge is 2.45. The maximum absolute atomic E-state index is 15.0. The normalized spacial score (nSPS) is 18.9. The smallest absolute Gasteiger partial charge is 0.428 e. The molecule has 0 radical (unpaired) electrons. The zero-order valence-electron chi connectivity index (χ0n) is 21.8. The van der Waals surface area contributed by atoms with E-state index in [0.717, 1.165) is 31.4 Å². The third kappa shape index (κ3) is 7.45. The Bertz CT molecular complexity index is 1320. The van der Waals surface area contributed by atoms with E-state index >= 15 is 0 Å². The van der Waals surface area contributed by atoms with Crippen molar-refractivity contribution in [2.24, 2.45) is 5.92 Å². The molecule has 3 aromatic rings. The van der Waals surface area contributed by atoms with E-state index in [2.05, 4.69) is 20.4 Å². The fraction of sp³-hybridized carbons (Fsp3) is 0.379. The van der Waals surface area contributed by atoms with Crippen LogP contribution in [-0.2, 0) is 12.0 Å². The highest BCUT2D eigenvalue weighted by atomic mass is 35.5. The number of carbonyl (C=O) groups excluding carboxylic acids is 1. The number of hydrogen-bond acceptors (Lipinski definition) is 4. The molecule has 2 aromatic carbocycles. The van der Waals surface area contributed by atoms with Crippen LogP contribution in [0.25, 0.3) is 0 Å². The van der Waals surface area contributed by atoms with Crippen LogP contribution >= 0.6 is 11.6 Å². The Balaban J connectivity index is 1.84. The van der Waals surface area contributed by atoms with Crippen molar-refractivity contribution in [2.75, 3.05) is 6.61 Å². The summed E-state index contributed by atoms with van der Waals surface area (Å²) >= 11 is 6.07. The number of carbonyl (C=O) groups is 1. The molecule has 1 heterocycles. The van der Waals surface area contributed by atoms with E-state index in [0.29, 0.717) is 18.1 Å². The lowest BCUT2D eigenvalue weighted by atomic mass is 9.80. The first-order chi connectivity index (χ1) is 19.5. The fourth-order valence-electron chi connectivity index (χ4n) is 5.14. The van der Waals surface area contributed by atoms with Crippen LogP contribution in [0.5, 0.6) is 5.75 Å². The highest BCUT2D eigenvalue weighted by Crippen LogP contribution is 2.37. The van der Waals surface area contributed by atoms with Gasteiger partial charge in [-0.15, -0.1) is 0 Å². The molecule has 0 spiro atoms. The number of hydrogen-bond donors (Lipinski definition) is 3. The minimum Gasteiger partial charge on any atom is -0.428 e. The monoisotopic (exact) mass is 597 g/mol. The number of benzene rings is 2. The zero-order valence-corrected chi connectivity index (χ0v) is 22.6. The van der Waals surface area contributed by atoms with E-state index in [4.69, 9.17) is 11.6 Å². The second-order valence-corrected chi connectivity index (χ2v) is 10.4. The third-order valence-corrected chi connectivity index (χ3v) is 7.36. The number of nitrogens with zero attached hydrogens (tertiary/aromatic N) is 1. The Morgan fingerprint density at radius 2 is 1.83 bits per heavy atom. The minimum atomic E-state index is -4.89. The summed E-state index contributed by atoms with van der Waals surface area (Å²) in [6.45, 7) is -0.123. The summed E-state index contributed by atoms with van der Waals surface area (Å²) in [4.78, 5) is 17.9. The summed E-state index contributed by atoms with van der Waals surface area (Å²) in [5.74, 6) is -2.10. The summed E-state index contributed by atoms with van der Waals surface area (Å²) in [5.41, 5.74) is -0.978. The second-order valence-electron chi connectivity index (χ2n) is 10.0. The highest BCUT2D eigenvalue weighted by molar-refractivity contribution is 6.30. The Labute approximate surface area is 238 Å². The molecule has 220 valence electrons. The van der Waals surface area contributed by atoms with Gasteiger partial charge in [0, 0.05) is 37.3 Å². The molecule has 41 heavy (non-hydrogen) atoms. The van der Waals surface area contributed by atoms with E-state index in [1.807, 2.05) is 0 Å². The number of pyridine rings is 1. The summed E-state index contributed by atoms with van der Waals surface area (Å²) in [6, 6.07) is 13.2.